The summed E-state index contributed by atoms with van der Waals surface area (Å²) in [6.07, 6.45) is 3.31. The maximum absolute atomic E-state index is 12.2. The summed E-state index contributed by atoms with van der Waals surface area (Å²) in [5.74, 6) is 0.193. The third kappa shape index (κ3) is 2.17. The molecular weight excluding hydrogens is 293 g/mol. The molecule has 0 spiro atoms. The lowest BCUT2D eigenvalue weighted by atomic mass is 9.76. The minimum atomic E-state index is -0.0338. The Morgan fingerprint density at radius 3 is 2.40 bits per heavy atom. The first-order chi connectivity index (χ1) is 9.39. The van der Waals surface area contributed by atoms with Crippen molar-refractivity contribution in [3.05, 3.63) is 51.8 Å². The Bertz CT molecular complexity index is 680. The van der Waals surface area contributed by atoms with Gasteiger partial charge in [0.15, 0.2) is 5.78 Å². The van der Waals surface area contributed by atoms with E-state index in [1.54, 1.807) is 0 Å². The maximum atomic E-state index is 12.2. The predicted molar refractivity (Wildman–Crippen MR) is 82.2 cm³/mol. The lowest BCUT2D eigenvalue weighted by Crippen LogP contribution is -2.27. The Labute approximate surface area is 128 Å². The van der Waals surface area contributed by atoms with Gasteiger partial charge >= 0.3 is 0 Å². The van der Waals surface area contributed by atoms with Crippen molar-refractivity contribution in [2.75, 3.05) is 0 Å². The summed E-state index contributed by atoms with van der Waals surface area (Å²) in [6, 6.07) is 7.31. The molecule has 0 saturated carbocycles. The van der Waals surface area contributed by atoms with Crippen LogP contribution in [0.25, 0.3) is 5.69 Å². The number of halogens is 2. The quantitative estimate of drug-likeness (QED) is 0.731. The van der Waals surface area contributed by atoms with E-state index in [0.29, 0.717) is 16.5 Å². The minimum absolute atomic E-state index is 0.0338. The van der Waals surface area contributed by atoms with Crippen LogP contribution in [0.4, 0.5) is 0 Å². The van der Waals surface area contributed by atoms with Crippen molar-refractivity contribution in [1.29, 1.82) is 0 Å². The molecule has 1 aliphatic carbocycles. The van der Waals surface area contributed by atoms with E-state index < -0.39 is 0 Å². The van der Waals surface area contributed by atoms with Gasteiger partial charge in [-0.15, -0.1) is 0 Å². The summed E-state index contributed by atoms with van der Waals surface area (Å²) in [4.78, 5) is 12.2. The van der Waals surface area contributed by atoms with Crippen molar-refractivity contribution in [3.8, 4) is 5.69 Å². The van der Waals surface area contributed by atoms with E-state index >= 15 is 0 Å². The average molecular weight is 308 g/mol. The van der Waals surface area contributed by atoms with E-state index in [9.17, 15) is 4.79 Å². The summed E-state index contributed by atoms with van der Waals surface area (Å²) >= 11 is 12.6. The number of fused-ring (bicyclic) bond motifs is 1. The number of benzene rings is 1. The zero-order valence-electron chi connectivity index (χ0n) is 11.4. The Balaban J connectivity index is 2.21. The molecular formula is C16H15Cl2NO. The van der Waals surface area contributed by atoms with Gasteiger partial charge in [0.05, 0.1) is 15.7 Å². The molecule has 0 saturated heterocycles. The van der Waals surface area contributed by atoms with Crippen LogP contribution < -0.4 is 0 Å². The SMILES string of the molecule is CC1(C)CC(=O)c2ccn(-c3c(Cl)cccc3Cl)c2C1. The van der Waals surface area contributed by atoms with Crippen LogP contribution in [0.1, 0.15) is 36.3 Å². The average Bonchev–Trinajstić information content (AvgIpc) is 2.71. The molecule has 20 heavy (non-hydrogen) atoms. The molecule has 1 heterocycles. The first-order valence-electron chi connectivity index (χ1n) is 6.57. The number of carbonyl (C=O) groups excluding carboxylic acids is 1. The van der Waals surface area contributed by atoms with Gasteiger partial charge in [-0.1, -0.05) is 43.1 Å². The van der Waals surface area contributed by atoms with Crippen LogP contribution in [0.3, 0.4) is 0 Å². The summed E-state index contributed by atoms with van der Waals surface area (Å²) in [5.41, 5.74) is 2.51. The van der Waals surface area contributed by atoms with Crippen molar-refractivity contribution < 1.29 is 4.79 Å². The number of para-hydroxylation sites is 1. The van der Waals surface area contributed by atoms with Gasteiger partial charge in [0, 0.05) is 23.9 Å². The molecule has 2 nitrogen and oxygen atoms in total. The largest absolute Gasteiger partial charge is 0.317 e. The number of hydrogen-bond acceptors (Lipinski definition) is 1. The van der Waals surface area contributed by atoms with Gasteiger partial charge < -0.3 is 4.57 Å². The molecule has 0 aliphatic heterocycles. The van der Waals surface area contributed by atoms with Gasteiger partial charge in [-0.2, -0.15) is 0 Å². The fourth-order valence-electron chi connectivity index (χ4n) is 2.87. The normalized spacial score (nSPS) is 17.1. The van der Waals surface area contributed by atoms with Gasteiger partial charge in [0.25, 0.3) is 0 Å². The van der Waals surface area contributed by atoms with E-state index in [0.717, 1.165) is 23.4 Å². The number of hydrogen-bond donors (Lipinski definition) is 0. The van der Waals surface area contributed by atoms with E-state index in [4.69, 9.17) is 23.2 Å². The molecule has 0 bridgehead atoms. The zero-order valence-corrected chi connectivity index (χ0v) is 12.9. The highest BCUT2D eigenvalue weighted by atomic mass is 35.5. The number of carbonyl (C=O) groups is 1. The fourth-order valence-corrected chi connectivity index (χ4v) is 3.45. The molecule has 0 atom stereocenters. The highest BCUT2D eigenvalue weighted by molar-refractivity contribution is 6.37. The number of rotatable bonds is 1. The summed E-state index contributed by atoms with van der Waals surface area (Å²) in [5, 5.41) is 1.18. The van der Waals surface area contributed by atoms with Crippen molar-refractivity contribution in [2.24, 2.45) is 5.41 Å². The highest BCUT2D eigenvalue weighted by Gasteiger charge is 2.33. The standard InChI is InChI=1S/C16H15Cl2NO/c1-16(2)8-13-10(14(20)9-16)6-7-19(13)15-11(17)4-3-5-12(15)18/h3-7H,8-9H2,1-2H3. The lowest BCUT2D eigenvalue weighted by Gasteiger charge is -2.30. The summed E-state index contributed by atoms with van der Waals surface area (Å²) in [6.45, 7) is 4.22. The van der Waals surface area contributed by atoms with Crippen LogP contribution in [-0.4, -0.2) is 10.4 Å². The Hall–Kier alpha value is -1.25. The number of nitrogens with zero attached hydrogens (tertiary/aromatic N) is 1. The van der Waals surface area contributed by atoms with Crippen LogP contribution in [0.5, 0.6) is 0 Å². The summed E-state index contributed by atoms with van der Waals surface area (Å²) < 4.78 is 1.96. The van der Waals surface area contributed by atoms with Crippen LogP contribution in [0.15, 0.2) is 30.5 Å². The molecule has 1 aromatic carbocycles. The fraction of sp³-hybridized carbons (Fsp3) is 0.312. The van der Waals surface area contributed by atoms with Gasteiger partial charge in [0.1, 0.15) is 0 Å². The van der Waals surface area contributed by atoms with Crippen LogP contribution in [0, 0.1) is 5.41 Å². The molecule has 0 radical (unpaired) electrons. The first-order valence-corrected chi connectivity index (χ1v) is 7.32. The van der Waals surface area contributed by atoms with Crippen molar-refractivity contribution in [1.82, 2.24) is 4.57 Å². The minimum Gasteiger partial charge on any atom is -0.317 e. The van der Waals surface area contributed by atoms with Crippen LogP contribution in [-0.2, 0) is 6.42 Å². The van der Waals surface area contributed by atoms with Crippen molar-refractivity contribution in [3.63, 3.8) is 0 Å². The zero-order chi connectivity index (χ0) is 14.5. The molecule has 0 amide bonds. The second-order valence-electron chi connectivity index (χ2n) is 6.06. The van der Waals surface area contributed by atoms with Crippen LogP contribution >= 0.6 is 23.2 Å². The smallest absolute Gasteiger partial charge is 0.165 e. The molecule has 2 aromatic rings. The lowest BCUT2D eigenvalue weighted by molar-refractivity contribution is 0.0911. The van der Waals surface area contributed by atoms with Gasteiger partial charge in [-0.25, -0.2) is 0 Å². The van der Waals surface area contributed by atoms with Crippen LogP contribution in [0.2, 0.25) is 10.0 Å². The first kappa shape index (κ1) is 13.7. The van der Waals surface area contributed by atoms with Gasteiger partial charge in [0.2, 0.25) is 0 Å². The molecule has 104 valence electrons. The molecule has 4 heteroatoms. The molecule has 0 N–H and O–H groups in total. The molecule has 3 rings (SSSR count). The van der Waals surface area contributed by atoms with E-state index in [-0.39, 0.29) is 11.2 Å². The maximum Gasteiger partial charge on any atom is 0.165 e. The second kappa shape index (κ2) is 4.64. The Kier molecular flexibility index (Phi) is 3.19. The molecule has 0 unspecified atom stereocenters. The summed E-state index contributed by atoms with van der Waals surface area (Å²) in [7, 11) is 0. The van der Waals surface area contributed by atoms with E-state index in [1.807, 2.05) is 35.0 Å². The Morgan fingerprint density at radius 1 is 1.10 bits per heavy atom. The van der Waals surface area contributed by atoms with E-state index in [2.05, 4.69) is 13.8 Å². The predicted octanol–water partition coefficient (Wildman–Crippen LogP) is 4.94. The number of ketones is 1. The Morgan fingerprint density at radius 2 is 1.75 bits per heavy atom. The van der Waals surface area contributed by atoms with Gasteiger partial charge in [-0.05, 0) is 30.0 Å². The highest BCUT2D eigenvalue weighted by Crippen LogP contribution is 2.38. The molecule has 0 fully saturated rings. The monoisotopic (exact) mass is 307 g/mol. The topological polar surface area (TPSA) is 22.0 Å². The van der Waals surface area contributed by atoms with Crippen molar-refractivity contribution >= 4 is 29.0 Å². The second-order valence-corrected chi connectivity index (χ2v) is 6.87. The van der Waals surface area contributed by atoms with Crippen molar-refractivity contribution in [2.45, 2.75) is 26.7 Å². The molecule has 1 aliphatic rings. The third-order valence-electron chi connectivity index (χ3n) is 3.76. The van der Waals surface area contributed by atoms with E-state index in [1.165, 1.54) is 0 Å². The molecule has 1 aromatic heterocycles. The number of Topliss-reactive ketones (excluding diaryl/α,β-unsaturated/α-hetero) is 1. The number of aromatic nitrogens is 1. The third-order valence-corrected chi connectivity index (χ3v) is 4.37. The van der Waals surface area contributed by atoms with Gasteiger partial charge in [-0.3, -0.25) is 4.79 Å².